The Morgan fingerprint density at radius 2 is 1.53 bits per heavy atom. The number of aliphatic hydroxyl groups is 1. The fourth-order valence-electron chi connectivity index (χ4n) is 8.67. The van der Waals surface area contributed by atoms with Crippen molar-refractivity contribution in [3.63, 3.8) is 0 Å². The molecule has 0 saturated heterocycles. The Labute approximate surface area is 219 Å². The zero-order valence-electron chi connectivity index (χ0n) is 22.9. The molecule has 0 aromatic carbocycles. The Bertz CT molecular complexity index is 768. The normalized spacial score (nSPS) is 38.1. The van der Waals surface area contributed by atoms with Gasteiger partial charge in [0.1, 0.15) is 0 Å². The number of rotatable bonds is 5. The molecule has 0 aliphatic heterocycles. The van der Waals surface area contributed by atoms with Gasteiger partial charge in [-0.3, -0.25) is 9.13 Å². The molecule has 3 saturated carbocycles. The predicted octanol–water partition coefficient (Wildman–Crippen LogP) is 6.11. The van der Waals surface area contributed by atoms with Crippen LogP contribution in [0.4, 0.5) is 0 Å². The molecule has 9 heteroatoms. The summed E-state index contributed by atoms with van der Waals surface area (Å²) in [5, 5.41) is 10.2. The van der Waals surface area contributed by atoms with E-state index in [2.05, 4.69) is 40.7 Å². The molecule has 0 aromatic heterocycles. The van der Waals surface area contributed by atoms with Gasteiger partial charge in [0.25, 0.3) is 0 Å². The Balaban J connectivity index is 0.000000501. The molecule has 36 heavy (non-hydrogen) atoms. The van der Waals surface area contributed by atoms with Gasteiger partial charge >= 0.3 is 16.5 Å². The van der Waals surface area contributed by atoms with Crippen molar-refractivity contribution in [2.45, 2.75) is 111 Å². The maximum atomic E-state index is 10.2. The second-order valence-electron chi connectivity index (χ2n) is 12.8. The average Bonchev–Trinajstić information content (AvgIpc) is 3.10. The first-order valence-corrected chi connectivity index (χ1v) is 16.5. The van der Waals surface area contributed by atoms with Crippen molar-refractivity contribution in [1.82, 2.24) is 0 Å². The van der Waals surface area contributed by atoms with Crippen molar-refractivity contribution in [2.24, 2.45) is 46.3 Å². The zero-order chi connectivity index (χ0) is 27.3. The molecule has 0 radical (unpaired) electrons. The molecule has 5 N–H and O–H groups in total. The highest BCUT2D eigenvalue weighted by Crippen LogP contribution is 2.67. The first kappa shape index (κ1) is 32.2. The van der Waals surface area contributed by atoms with E-state index >= 15 is 0 Å². The van der Waals surface area contributed by atoms with Crippen molar-refractivity contribution in [2.75, 3.05) is 0 Å². The summed E-state index contributed by atoms with van der Waals surface area (Å²) in [5.74, 6) is 5.46. The topological polar surface area (TPSA) is 135 Å². The van der Waals surface area contributed by atoms with Gasteiger partial charge in [-0.15, -0.1) is 0 Å². The molecule has 0 amide bonds. The molecule has 0 heterocycles. The molecule has 8 atom stereocenters. The second-order valence-corrected chi connectivity index (χ2v) is 13.9. The largest absolute Gasteiger partial charge is 0.393 e. The van der Waals surface area contributed by atoms with Crippen LogP contribution >= 0.6 is 16.5 Å². The highest BCUT2D eigenvalue weighted by Gasteiger charge is 2.59. The van der Waals surface area contributed by atoms with Gasteiger partial charge in [0.2, 0.25) is 0 Å². The van der Waals surface area contributed by atoms with Gasteiger partial charge in [0.15, 0.2) is 0 Å². The lowest BCUT2D eigenvalue weighted by Crippen LogP contribution is -2.50. The van der Waals surface area contributed by atoms with Crippen LogP contribution in [0.15, 0.2) is 11.6 Å². The summed E-state index contributed by atoms with van der Waals surface area (Å²) < 4.78 is 17.5. The van der Waals surface area contributed by atoms with Crippen molar-refractivity contribution < 1.29 is 33.8 Å². The smallest absolute Gasteiger partial charge is 0.314 e. The van der Waals surface area contributed by atoms with Gasteiger partial charge < -0.3 is 24.7 Å². The number of hydrogen-bond acceptors (Lipinski definition) is 3. The van der Waals surface area contributed by atoms with Gasteiger partial charge in [-0.1, -0.05) is 65.5 Å². The predicted molar refractivity (Wildman–Crippen MR) is 146 cm³/mol. The van der Waals surface area contributed by atoms with E-state index in [0.29, 0.717) is 10.8 Å². The molecule has 0 aromatic rings. The van der Waals surface area contributed by atoms with Crippen LogP contribution in [-0.4, -0.2) is 30.8 Å². The standard InChI is InChI=1S/C27H46O.2H3O3P/c1-18(2)7-6-8-19(3)23-11-12-24-22-10-9-20-17-21(28)13-15-26(20,4)25(22)14-16-27(23,24)5;2*1-4(2)3/h9,18-19,21-25,28H,6-8,10-17H2,1-5H3;2*4H,(H2,1,2,3)/t19?,21-,22-,23+,24-,25-,26-,27+;;/m0../s1. The van der Waals surface area contributed by atoms with Gasteiger partial charge in [-0.2, -0.15) is 0 Å². The maximum absolute atomic E-state index is 10.2. The van der Waals surface area contributed by atoms with E-state index in [1.54, 1.807) is 5.57 Å². The third kappa shape index (κ3) is 8.01. The third-order valence-electron chi connectivity index (χ3n) is 10.3. The fourth-order valence-corrected chi connectivity index (χ4v) is 8.67. The molecule has 4 aliphatic rings. The molecule has 3 fully saturated rings. The van der Waals surface area contributed by atoms with Crippen LogP contribution in [0.25, 0.3) is 0 Å². The van der Waals surface area contributed by atoms with Crippen molar-refractivity contribution >= 4 is 16.5 Å². The van der Waals surface area contributed by atoms with Gasteiger partial charge in [0.05, 0.1) is 6.10 Å². The van der Waals surface area contributed by atoms with Crippen LogP contribution in [0.3, 0.4) is 0 Å². The molecule has 4 rings (SSSR count). The molecule has 212 valence electrons. The van der Waals surface area contributed by atoms with Crippen molar-refractivity contribution in [3.05, 3.63) is 11.6 Å². The van der Waals surface area contributed by atoms with E-state index in [1.807, 2.05) is 0 Å². The Morgan fingerprint density at radius 1 is 0.917 bits per heavy atom. The third-order valence-corrected chi connectivity index (χ3v) is 10.3. The minimum Gasteiger partial charge on any atom is -0.393 e. The van der Waals surface area contributed by atoms with Crippen LogP contribution in [0.2, 0.25) is 0 Å². The van der Waals surface area contributed by atoms with Crippen LogP contribution < -0.4 is 0 Å². The van der Waals surface area contributed by atoms with Crippen LogP contribution in [0.1, 0.15) is 105 Å². The fraction of sp³-hybridized carbons (Fsp3) is 0.926. The van der Waals surface area contributed by atoms with Crippen LogP contribution in [-0.2, 0) is 9.13 Å². The summed E-state index contributed by atoms with van der Waals surface area (Å²) in [4.78, 5) is 28.6. The molecule has 7 nitrogen and oxygen atoms in total. The maximum Gasteiger partial charge on any atom is 0.314 e. The molecule has 4 aliphatic carbocycles. The van der Waals surface area contributed by atoms with Gasteiger partial charge in [-0.05, 0) is 97.7 Å². The lowest BCUT2D eigenvalue weighted by molar-refractivity contribution is -0.0573. The van der Waals surface area contributed by atoms with E-state index in [1.165, 1.54) is 57.8 Å². The summed E-state index contributed by atoms with van der Waals surface area (Å²) in [7, 11) is -6.26. The second kappa shape index (κ2) is 13.9. The first-order valence-electron chi connectivity index (χ1n) is 13.9. The Hall–Kier alpha value is -0.0000000000000000416. The van der Waals surface area contributed by atoms with E-state index in [4.69, 9.17) is 28.7 Å². The minimum atomic E-state index is -3.13. The Kier molecular flexibility index (Phi) is 12.4. The lowest BCUT2D eigenvalue weighted by atomic mass is 9.47. The summed E-state index contributed by atoms with van der Waals surface area (Å²) in [6.07, 6.45) is 17.2. The van der Waals surface area contributed by atoms with Crippen LogP contribution in [0, 0.1) is 46.3 Å². The molecular weight excluding hydrogens is 498 g/mol. The summed E-state index contributed by atoms with van der Waals surface area (Å²) in [6.45, 7) is 12.6. The van der Waals surface area contributed by atoms with E-state index in [9.17, 15) is 5.11 Å². The first-order chi connectivity index (χ1) is 16.7. The SMILES string of the molecule is CC(C)CCCC(C)[C@H]1CC[C@H]2[C@@H]3CC=C4C[C@@H](O)CC[C@]4(C)[C@H]3CC[C@]12C.O=[PH](O)O.O=[PH](O)O. The van der Waals surface area contributed by atoms with E-state index < -0.39 is 16.5 Å². The molecule has 0 bridgehead atoms. The summed E-state index contributed by atoms with van der Waals surface area (Å²) >= 11 is 0. The number of aliphatic hydroxyl groups excluding tert-OH is 1. The summed E-state index contributed by atoms with van der Waals surface area (Å²) in [5.41, 5.74) is 2.60. The number of hydrogen-bond donors (Lipinski definition) is 5. The average molecular weight is 551 g/mol. The van der Waals surface area contributed by atoms with E-state index in [0.717, 1.165) is 48.3 Å². The number of allylic oxidation sites excluding steroid dienone is 1. The van der Waals surface area contributed by atoms with Gasteiger partial charge in [0, 0.05) is 0 Å². The molecule has 1 unspecified atom stereocenters. The monoisotopic (exact) mass is 550 g/mol. The molecule has 0 spiro atoms. The highest BCUT2D eigenvalue weighted by atomic mass is 31.1. The number of fused-ring (bicyclic) bond motifs is 5. The molecular formula is C27H52O7P2. The van der Waals surface area contributed by atoms with Gasteiger partial charge in [-0.25, -0.2) is 0 Å². The van der Waals surface area contributed by atoms with Crippen molar-refractivity contribution in [1.29, 1.82) is 0 Å². The van der Waals surface area contributed by atoms with Crippen molar-refractivity contribution in [3.8, 4) is 0 Å². The summed E-state index contributed by atoms with van der Waals surface area (Å²) in [6, 6.07) is 0. The minimum absolute atomic E-state index is 0.0766. The zero-order valence-corrected chi connectivity index (χ0v) is 24.9. The lowest BCUT2D eigenvalue weighted by Gasteiger charge is -2.58. The highest BCUT2D eigenvalue weighted by molar-refractivity contribution is 7.31. The Morgan fingerprint density at radius 3 is 2.11 bits per heavy atom. The quantitative estimate of drug-likeness (QED) is 0.206. The van der Waals surface area contributed by atoms with E-state index in [-0.39, 0.29) is 6.10 Å². The van der Waals surface area contributed by atoms with Crippen LogP contribution in [0.5, 0.6) is 0 Å².